The summed E-state index contributed by atoms with van der Waals surface area (Å²) in [6, 6.07) is 16.3. The Labute approximate surface area is 122 Å². The fourth-order valence-corrected chi connectivity index (χ4v) is 2.33. The third-order valence-corrected chi connectivity index (χ3v) is 3.42. The lowest BCUT2D eigenvalue weighted by molar-refractivity contribution is 0.462. The summed E-state index contributed by atoms with van der Waals surface area (Å²) in [6.07, 6.45) is 0. The van der Waals surface area contributed by atoms with E-state index in [1.54, 1.807) is 0 Å². The van der Waals surface area contributed by atoms with Crippen LogP contribution in [0, 0.1) is 0 Å². The Balaban J connectivity index is 2.29. The Morgan fingerprint density at radius 1 is 1.16 bits per heavy atom. The van der Waals surface area contributed by atoms with Gasteiger partial charge in [-0.05, 0) is 37.7 Å². The zero-order valence-corrected chi connectivity index (χ0v) is 12.8. The van der Waals surface area contributed by atoms with Gasteiger partial charge in [-0.15, -0.1) is 0 Å². The molecule has 2 aromatic carbocycles. The number of nitrogens with one attached hydrogen (secondary N) is 1. The van der Waals surface area contributed by atoms with Gasteiger partial charge in [-0.25, -0.2) is 0 Å². The Bertz CT molecular complexity index is 528. The second-order valence-corrected chi connectivity index (χ2v) is 5.29. The number of rotatable bonds is 5. The van der Waals surface area contributed by atoms with Crippen LogP contribution in [0.15, 0.2) is 53.0 Å². The van der Waals surface area contributed by atoms with Gasteiger partial charge in [0.1, 0.15) is 11.5 Å². The highest BCUT2D eigenvalue weighted by molar-refractivity contribution is 9.10. The average Bonchev–Trinajstić information content (AvgIpc) is 2.40. The highest BCUT2D eigenvalue weighted by Gasteiger charge is 2.12. The lowest BCUT2D eigenvalue weighted by atomic mass is 10.1. The Morgan fingerprint density at radius 2 is 1.89 bits per heavy atom. The van der Waals surface area contributed by atoms with E-state index in [2.05, 4.69) is 41.2 Å². The summed E-state index contributed by atoms with van der Waals surface area (Å²) in [5.74, 6) is 1.74. The summed E-state index contributed by atoms with van der Waals surface area (Å²) in [7, 11) is 0. The first-order valence-electron chi connectivity index (χ1n) is 6.46. The van der Waals surface area contributed by atoms with E-state index in [1.807, 2.05) is 42.5 Å². The van der Waals surface area contributed by atoms with Crippen molar-refractivity contribution in [2.75, 3.05) is 6.54 Å². The van der Waals surface area contributed by atoms with Crippen molar-refractivity contribution in [1.29, 1.82) is 0 Å². The Kier molecular flexibility index (Phi) is 5.00. The fourth-order valence-electron chi connectivity index (χ4n) is 1.99. The van der Waals surface area contributed by atoms with Crippen LogP contribution in [0.4, 0.5) is 0 Å². The number of hydrogen-bond donors (Lipinski definition) is 1. The molecule has 0 aliphatic heterocycles. The largest absolute Gasteiger partial charge is 0.457 e. The summed E-state index contributed by atoms with van der Waals surface area (Å²) in [4.78, 5) is 0. The van der Waals surface area contributed by atoms with Gasteiger partial charge in [-0.2, -0.15) is 0 Å². The first-order valence-corrected chi connectivity index (χ1v) is 7.25. The van der Waals surface area contributed by atoms with Gasteiger partial charge in [0.2, 0.25) is 0 Å². The van der Waals surface area contributed by atoms with Crippen LogP contribution >= 0.6 is 15.9 Å². The smallest absolute Gasteiger partial charge is 0.133 e. The van der Waals surface area contributed by atoms with Gasteiger partial charge in [-0.3, -0.25) is 0 Å². The monoisotopic (exact) mass is 319 g/mol. The summed E-state index contributed by atoms with van der Waals surface area (Å²) < 4.78 is 7.01. The summed E-state index contributed by atoms with van der Waals surface area (Å²) >= 11 is 3.50. The van der Waals surface area contributed by atoms with Crippen molar-refractivity contribution in [3.63, 3.8) is 0 Å². The van der Waals surface area contributed by atoms with E-state index < -0.39 is 0 Å². The number of ether oxygens (including phenoxy) is 1. The molecule has 3 heteroatoms. The molecule has 0 aromatic heterocycles. The highest BCUT2D eigenvalue weighted by atomic mass is 79.9. The van der Waals surface area contributed by atoms with Crippen LogP contribution in [0.1, 0.15) is 25.5 Å². The van der Waals surface area contributed by atoms with E-state index in [-0.39, 0.29) is 6.04 Å². The molecule has 19 heavy (non-hydrogen) atoms. The topological polar surface area (TPSA) is 21.3 Å². The van der Waals surface area contributed by atoms with Crippen molar-refractivity contribution in [1.82, 2.24) is 5.32 Å². The normalized spacial score (nSPS) is 12.2. The van der Waals surface area contributed by atoms with Crippen LogP contribution in [-0.4, -0.2) is 6.54 Å². The van der Waals surface area contributed by atoms with E-state index in [0.29, 0.717) is 0 Å². The predicted octanol–water partition coefficient (Wildman–Crippen LogP) is 4.91. The highest BCUT2D eigenvalue weighted by Crippen LogP contribution is 2.32. The Hall–Kier alpha value is -1.32. The van der Waals surface area contributed by atoms with Crippen molar-refractivity contribution in [3.05, 3.63) is 58.6 Å². The first kappa shape index (κ1) is 14.1. The minimum Gasteiger partial charge on any atom is -0.457 e. The quantitative estimate of drug-likeness (QED) is 0.845. The molecular formula is C16H18BrNO. The molecule has 2 nitrogen and oxygen atoms in total. The van der Waals surface area contributed by atoms with Crippen molar-refractivity contribution in [3.8, 4) is 11.5 Å². The summed E-state index contributed by atoms with van der Waals surface area (Å²) in [5, 5.41) is 3.41. The molecule has 1 N–H and O–H groups in total. The minimum absolute atomic E-state index is 0.261. The third-order valence-electron chi connectivity index (χ3n) is 2.92. The van der Waals surface area contributed by atoms with Crippen LogP contribution in [0.5, 0.6) is 11.5 Å². The third kappa shape index (κ3) is 3.82. The van der Waals surface area contributed by atoms with E-state index in [1.165, 1.54) is 0 Å². The zero-order valence-electron chi connectivity index (χ0n) is 11.2. The molecule has 2 rings (SSSR count). The molecule has 1 unspecified atom stereocenters. The van der Waals surface area contributed by atoms with E-state index in [4.69, 9.17) is 4.74 Å². The van der Waals surface area contributed by atoms with Crippen LogP contribution in [0.3, 0.4) is 0 Å². The molecule has 0 bridgehead atoms. The minimum atomic E-state index is 0.261. The van der Waals surface area contributed by atoms with E-state index in [9.17, 15) is 0 Å². The van der Waals surface area contributed by atoms with Gasteiger partial charge in [0.25, 0.3) is 0 Å². The predicted molar refractivity (Wildman–Crippen MR) is 82.7 cm³/mol. The lowest BCUT2D eigenvalue weighted by Gasteiger charge is -2.18. The number of hydrogen-bond acceptors (Lipinski definition) is 2. The molecule has 2 aromatic rings. The van der Waals surface area contributed by atoms with Crippen LogP contribution in [-0.2, 0) is 0 Å². The van der Waals surface area contributed by atoms with Gasteiger partial charge in [0.05, 0.1) is 0 Å². The van der Waals surface area contributed by atoms with Crippen molar-refractivity contribution in [2.24, 2.45) is 0 Å². The zero-order chi connectivity index (χ0) is 13.7. The Morgan fingerprint density at radius 3 is 2.58 bits per heavy atom. The first-order chi connectivity index (χ1) is 9.20. The summed E-state index contributed by atoms with van der Waals surface area (Å²) in [5.41, 5.74) is 1.16. The number of para-hydroxylation sites is 1. The molecule has 0 radical (unpaired) electrons. The van der Waals surface area contributed by atoms with Gasteiger partial charge in [0, 0.05) is 16.1 Å². The maximum atomic E-state index is 5.99. The molecule has 0 fully saturated rings. The standard InChI is InChI=1S/C16H18BrNO/c1-3-18-12(2)15-10-9-13(17)11-16(15)19-14-7-5-4-6-8-14/h4-12,18H,3H2,1-2H3. The SMILES string of the molecule is CCNC(C)c1ccc(Br)cc1Oc1ccccc1. The van der Waals surface area contributed by atoms with Gasteiger partial charge >= 0.3 is 0 Å². The van der Waals surface area contributed by atoms with Crippen molar-refractivity contribution >= 4 is 15.9 Å². The van der Waals surface area contributed by atoms with Gasteiger partial charge in [0.15, 0.2) is 0 Å². The molecule has 100 valence electrons. The maximum absolute atomic E-state index is 5.99. The number of benzene rings is 2. The molecule has 0 aliphatic rings. The van der Waals surface area contributed by atoms with Crippen LogP contribution in [0.25, 0.3) is 0 Å². The number of halogens is 1. The molecule has 0 heterocycles. The second-order valence-electron chi connectivity index (χ2n) is 4.38. The van der Waals surface area contributed by atoms with E-state index in [0.717, 1.165) is 28.1 Å². The van der Waals surface area contributed by atoms with Gasteiger partial charge in [-0.1, -0.05) is 47.1 Å². The molecule has 0 saturated carbocycles. The molecule has 0 saturated heterocycles. The van der Waals surface area contributed by atoms with Crippen molar-refractivity contribution in [2.45, 2.75) is 19.9 Å². The molecule has 1 atom stereocenters. The second kappa shape index (κ2) is 6.73. The van der Waals surface area contributed by atoms with Crippen LogP contribution in [0.2, 0.25) is 0 Å². The lowest BCUT2D eigenvalue weighted by Crippen LogP contribution is -2.18. The summed E-state index contributed by atoms with van der Waals surface area (Å²) in [6.45, 7) is 5.18. The van der Waals surface area contributed by atoms with Crippen molar-refractivity contribution < 1.29 is 4.74 Å². The maximum Gasteiger partial charge on any atom is 0.133 e. The van der Waals surface area contributed by atoms with Crippen LogP contribution < -0.4 is 10.1 Å². The molecule has 0 spiro atoms. The fraction of sp³-hybridized carbons (Fsp3) is 0.250. The van der Waals surface area contributed by atoms with Gasteiger partial charge < -0.3 is 10.1 Å². The molecule has 0 amide bonds. The van der Waals surface area contributed by atoms with E-state index >= 15 is 0 Å². The molecule has 0 aliphatic carbocycles. The molecular weight excluding hydrogens is 302 g/mol. The average molecular weight is 320 g/mol.